The highest BCUT2D eigenvalue weighted by Gasteiger charge is 2.15. The third-order valence-electron chi connectivity index (χ3n) is 2.98. The Morgan fingerprint density at radius 2 is 1.87 bits per heavy atom. The van der Waals surface area contributed by atoms with Gasteiger partial charge in [-0.25, -0.2) is 0 Å². The van der Waals surface area contributed by atoms with Crippen LogP contribution in [-0.2, 0) is 0 Å². The molecule has 1 rings (SSSR count). The molecule has 88 valence electrons. The fraction of sp³-hybridized carbons (Fsp3) is 0.846. The molecule has 1 saturated carbocycles. The van der Waals surface area contributed by atoms with Gasteiger partial charge in [-0.1, -0.05) is 40.0 Å². The summed E-state index contributed by atoms with van der Waals surface area (Å²) in [5.74, 6) is 0.631. The standard InChI is InChI=1S/C13H26N2/c1-13(2,3)10-15-9-12(14)11-7-5-4-6-8-11/h9,11,15H,4-8,10,14H2,1-3H3/b12-9-. The Hall–Kier alpha value is -0.660. The van der Waals surface area contributed by atoms with Crippen molar-refractivity contribution in [3.63, 3.8) is 0 Å². The van der Waals surface area contributed by atoms with Gasteiger partial charge in [0.15, 0.2) is 0 Å². The van der Waals surface area contributed by atoms with Crippen LogP contribution in [0.4, 0.5) is 0 Å². The fourth-order valence-electron chi connectivity index (χ4n) is 2.03. The van der Waals surface area contributed by atoms with Crippen molar-refractivity contribution in [1.82, 2.24) is 5.32 Å². The topological polar surface area (TPSA) is 38.0 Å². The first-order valence-corrected chi connectivity index (χ1v) is 6.18. The minimum absolute atomic E-state index is 0.323. The second-order valence-corrected chi connectivity index (χ2v) is 5.92. The van der Waals surface area contributed by atoms with E-state index in [9.17, 15) is 0 Å². The summed E-state index contributed by atoms with van der Waals surface area (Å²) >= 11 is 0. The molecule has 1 aliphatic carbocycles. The van der Waals surface area contributed by atoms with Gasteiger partial charge in [-0.15, -0.1) is 0 Å². The van der Waals surface area contributed by atoms with Gasteiger partial charge in [0.1, 0.15) is 0 Å². The molecule has 0 amide bonds. The Morgan fingerprint density at radius 1 is 1.27 bits per heavy atom. The van der Waals surface area contributed by atoms with Gasteiger partial charge < -0.3 is 11.1 Å². The average molecular weight is 210 g/mol. The van der Waals surface area contributed by atoms with E-state index in [0.29, 0.717) is 11.3 Å². The van der Waals surface area contributed by atoms with Crippen LogP contribution in [0, 0.1) is 11.3 Å². The predicted octanol–water partition coefficient (Wildman–Crippen LogP) is 3.00. The smallest absolute Gasteiger partial charge is 0.0271 e. The molecule has 2 heteroatoms. The second-order valence-electron chi connectivity index (χ2n) is 5.92. The minimum Gasteiger partial charge on any atom is -0.401 e. The number of nitrogens with one attached hydrogen (secondary N) is 1. The lowest BCUT2D eigenvalue weighted by molar-refractivity contribution is 0.387. The lowest BCUT2D eigenvalue weighted by Crippen LogP contribution is -2.25. The van der Waals surface area contributed by atoms with Crippen molar-refractivity contribution in [2.75, 3.05) is 6.54 Å². The maximum Gasteiger partial charge on any atom is 0.0271 e. The summed E-state index contributed by atoms with van der Waals surface area (Å²) in [5.41, 5.74) is 7.45. The minimum atomic E-state index is 0.323. The van der Waals surface area contributed by atoms with Gasteiger partial charge in [-0.2, -0.15) is 0 Å². The molecule has 0 aromatic rings. The molecule has 3 N–H and O–H groups in total. The first-order valence-electron chi connectivity index (χ1n) is 6.18. The molecule has 0 saturated heterocycles. The van der Waals surface area contributed by atoms with Crippen molar-refractivity contribution in [2.45, 2.75) is 52.9 Å². The van der Waals surface area contributed by atoms with E-state index in [4.69, 9.17) is 5.73 Å². The van der Waals surface area contributed by atoms with E-state index in [2.05, 4.69) is 26.1 Å². The van der Waals surface area contributed by atoms with Crippen LogP contribution < -0.4 is 11.1 Å². The van der Waals surface area contributed by atoms with Gasteiger partial charge in [0.2, 0.25) is 0 Å². The maximum atomic E-state index is 6.08. The summed E-state index contributed by atoms with van der Waals surface area (Å²) in [5, 5.41) is 3.34. The third-order valence-corrected chi connectivity index (χ3v) is 2.98. The summed E-state index contributed by atoms with van der Waals surface area (Å²) in [6.45, 7) is 7.67. The molecular formula is C13H26N2. The quantitative estimate of drug-likeness (QED) is 0.751. The Bertz CT molecular complexity index is 207. The normalized spacial score (nSPS) is 20.3. The number of rotatable bonds is 3. The van der Waals surface area contributed by atoms with Crippen LogP contribution in [0.2, 0.25) is 0 Å². The number of hydrogen-bond donors (Lipinski definition) is 2. The maximum absolute atomic E-state index is 6.08. The molecule has 15 heavy (non-hydrogen) atoms. The summed E-state index contributed by atoms with van der Waals surface area (Å²) in [7, 11) is 0. The second kappa shape index (κ2) is 5.43. The van der Waals surface area contributed by atoms with Crippen LogP contribution in [0.1, 0.15) is 52.9 Å². The molecular weight excluding hydrogens is 184 g/mol. The van der Waals surface area contributed by atoms with Gasteiger partial charge in [-0.05, 0) is 24.2 Å². The molecule has 0 aliphatic heterocycles. The van der Waals surface area contributed by atoms with E-state index in [1.165, 1.54) is 32.1 Å². The predicted molar refractivity (Wildman–Crippen MR) is 66.3 cm³/mol. The number of allylic oxidation sites excluding steroid dienone is 1. The molecule has 0 aromatic heterocycles. The van der Waals surface area contributed by atoms with Crippen LogP contribution in [0.3, 0.4) is 0 Å². The Morgan fingerprint density at radius 3 is 2.40 bits per heavy atom. The molecule has 0 atom stereocenters. The Kier molecular flexibility index (Phi) is 4.49. The SMILES string of the molecule is CC(C)(C)CN/C=C(\N)C1CCCCC1. The van der Waals surface area contributed by atoms with E-state index < -0.39 is 0 Å². The molecule has 0 bridgehead atoms. The van der Waals surface area contributed by atoms with Gasteiger partial charge in [-0.3, -0.25) is 0 Å². The lowest BCUT2D eigenvalue weighted by Gasteiger charge is -2.23. The summed E-state index contributed by atoms with van der Waals surface area (Å²) in [6.07, 6.45) is 8.66. The molecule has 1 fully saturated rings. The van der Waals surface area contributed by atoms with Crippen LogP contribution in [0.25, 0.3) is 0 Å². The molecule has 0 radical (unpaired) electrons. The van der Waals surface area contributed by atoms with Crippen LogP contribution in [0.15, 0.2) is 11.9 Å². The third kappa shape index (κ3) is 5.10. The van der Waals surface area contributed by atoms with Gasteiger partial charge >= 0.3 is 0 Å². The van der Waals surface area contributed by atoms with E-state index in [0.717, 1.165) is 12.2 Å². The molecule has 1 aliphatic rings. The molecule has 0 unspecified atom stereocenters. The van der Waals surface area contributed by atoms with Gasteiger partial charge in [0, 0.05) is 18.4 Å². The van der Waals surface area contributed by atoms with E-state index in [1.54, 1.807) is 0 Å². The van der Waals surface area contributed by atoms with Crippen molar-refractivity contribution in [2.24, 2.45) is 17.1 Å². The van der Waals surface area contributed by atoms with Crippen molar-refractivity contribution >= 4 is 0 Å². The monoisotopic (exact) mass is 210 g/mol. The number of hydrogen-bond acceptors (Lipinski definition) is 2. The Balaban J connectivity index is 2.31. The van der Waals surface area contributed by atoms with E-state index >= 15 is 0 Å². The van der Waals surface area contributed by atoms with Gasteiger partial charge in [0.05, 0.1) is 0 Å². The largest absolute Gasteiger partial charge is 0.401 e. The highest BCUT2D eigenvalue weighted by molar-refractivity contribution is 5.02. The van der Waals surface area contributed by atoms with Crippen molar-refractivity contribution < 1.29 is 0 Å². The zero-order chi connectivity index (χ0) is 11.3. The van der Waals surface area contributed by atoms with Crippen molar-refractivity contribution in [3.05, 3.63) is 11.9 Å². The highest BCUT2D eigenvalue weighted by atomic mass is 14.9. The van der Waals surface area contributed by atoms with Crippen LogP contribution in [0.5, 0.6) is 0 Å². The van der Waals surface area contributed by atoms with Gasteiger partial charge in [0.25, 0.3) is 0 Å². The fourth-order valence-corrected chi connectivity index (χ4v) is 2.03. The molecule has 0 heterocycles. The van der Waals surface area contributed by atoms with Crippen LogP contribution >= 0.6 is 0 Å². The zero-order valence-electron chi connectivity index (χ0n) is 10.5. The molecule has 0 aromatic carbocycles. The van der Waals surface area contributed by atoms with Crippen LogP contribution in [-0.4, -0.2) is 6.54 Å². The van der Waals surface area contributed by atoms with E-state index in [1.807, 2.05) is 6.20 Å². The zero-order valence-corrected chi connectivity index (χ0v) is 10.5. The Labute approximate surface area is 94.3 Å². The van der Waals surface area contributed by atoms with Crippen molar-refractivity contribution in [3.8, 4) is 0 Å². The summed E-state index contributed by atoms with van der Waals surface area (Å²) in [4.78, 5) is 0. The summed E-state index contributed by atoms with van der Waals surface area (Å²) < 4.78 is 0. The first-order chi connectivity index (χ1) is 6.99. The lowest BCUT2D eigenvalue weighted by atomic mass is 9.87. The molecule has 0 spiro atoms. The van der Waals surface area contributed by atoms with Crippen molar-refractivity contribution in [1.29, 1.82) is 0 Å². The number of nitrogens with two attached hydrogens (primary N) is 1. The average Bonchev–Trinajstić information content (AvgIpc) is 2.17. The summed E-state index contributed by atoms with van der Waals surface area (Å²) in [6, 6.07) is 0. The molecule has 2 nitrogen and oxygen atoms in total. The first kappa shape index (κ1) is 12.4. The van der Waals surface area contributed by atoms with E-state index in [-0.39, 0.29) is 0 Å². The highest BCUT2D eigenvalue weighted by Crippen LogP contribution is 2.26.